The van der Waals surface area contributed by atoms with Crippen molar-refractivity contribution in [1.29, 1.82) is 0 Å². The van der Waals surface area contributed by atoms with Crippen LogP contribution in [-0.2, 0) is 4.74 Å². The van der Waals surface area contributed by atoms with Gasteiger partial charge < -0.3 is 30.6 Å². The summed E-state index contributed by atoms with van der Waals surface area (Å²) in [5.41, 5.74) is 1.73. The molecule has 9 nitrogen and oxygen atoms in total. The third-order valence-corrected chi connectivity index (χ3v) is 5.25. The number of amides is 3. The molecule has 1 fully saturated rings. The summed E-state index contributed by atoms with van der Waals surface area (Å²) in [7, 11) is 0. The molecule has 1 unspecified atom stereocenters. The smallest absolute Gasteiger partial charge is 0.407 e. The van der Waals surface area contributed by atoms with E-state index in [0.29, 0.717) is 24.4 Å². The zero-order valence-corrected chi connectivity index (χ0v) is 19.4. The summed E-state index contributed by atoms with van der Waals surface area (Å²) in [4.78, 5) is 34.0. The number of nitrogens with one attached hydrogen (secondary N) is 4. The van der Waals surface area contributed by atoms with Crippen molar-refractivity contribution in [1.82, 2.24) is 20.6 Å². The SMILES string of the molecule is CCNC(=O)Nc1c[nH]c2ncc(Br)c(N3CCCC(NC(=O)OC(C)(C)C)C3)c12. The fraction of sp³-hybridized carbons (Fsp3) is 0.550. The highest BCUT2D eigenvalue weighted by molar-refractivity contribution is 9.10. The van der Waals surface area contributed by atoms with E-state index >= 15 is 0 Å². The molecule has 1 aliphatic heterocycles. The number of fused-ring (bicyclic) bond motifs is 1. The summed E-state index contributed by atoms with van der Waals surface area (Å²) < 4.78 is 6.23. The van der Waals surface area contributed by atoms with Crippen LogP contribution < -0.4 is 20.9 Å². The number of ether oxygens (including phenoxy) is 1. The van der Waals surface area contributed by atoms with Gasteiger partial charge in [-0.2, -0.15) is 0 Å². The van der Waals surface area contributed by atoms with Gasteiger partial charge in [0.1, 0.15) is 11.2 Å². The Labute approximate surface area is 184 Å². The molecule has 0 saturated carbocycles. The van der Waals surface area contributed by atoms with E-state index in [-0.39, 0.29) is 12.1 Å². The zero-order valence-electron chi connectivity index (χ0n) is 17.8. The number of hydrogen-bond acceptors (Lipinski definition) is 5. The maximum atomic E-state index is 12.2. The maximum absolute atomic E-state index is 12.2. The maximum Gasteiger partial charge on any atom is 0.407 e. The number of pyridine rings is 1. The highest BCUT2D eigenvalue weighted by Crippen LogP contribution is 2.38. The highest BCUT2D eigenvalue weighted by atomic mass is 79.9. The molecule has 10 heteroatoms. The van der Waals surface area contributed by atoms with Gasteiger partial charge >= 0.3 is 12.1 Å². The van der Waals surface area contributed by atoms with Gasteiger partial charge in [0.15, 0.2) is 0 Å². The third kappa shape index (κ3) is 5.35. The molecule has 1 saturated heterocycles. The van der Waals surface area contributed by atoms with Crippen molar-refractivity contribution in [2.75, 3.05) is 29.9 Å². The van der Waals surface area contributed by atoms with Gasteiger partial charge in [0.05, 0.1) is 21.2 Å². The minimum absolute atomic E-state index is 0.0394. The molecule has 0 bridgehead atoms. The van der Waals surface area contributed by atoms with Crippen LogP contribution in [0.1, 0.15) is 40.5 Å². The van der Waals surface area contributed by atoms with E-state index in [1.807, 2.05) is 27.7 Å². The summed E-state index contributed by atoms with van der Waals surface area (Å²) >= 11 is 3.62. The van der Waals surface area contributed by atoms with Gasteiger partial charge in [-0.05, 0) is 56.5 Å². The molecule has 30 heavy (non-hydrogen) atoms. The quantitative estimate of drug-likeness (QED) is 0.528. The standard InChI is InChI=1S/C20H29BrN6O3/c1-5-22-18(28)26-14-10-24-17-15(14)16(13(21)9-23-17)27-8-6-7-12(11-27)25-19(29)30-20(2,3)4/h9-10,12H,5-8,11H2,1-4H3,(H,23,24)(H,25,29)(H2,22,26,28). The van der Waals surface area contributed by atoms with Crippen molar-refractivity contribution < 1.29 is 14.3 Å². The molecular weight excluding hydrogens is 452 g/mol. The van der Waals surface area contributed by atoms with Crippen molar-refractivity contribution >= 4 is 50.5 Å². The van der Waals surface area contributed by atoms with Crippen LogP contribution in [0.2, 0.25) is 0 Å². The monoisotopic (exact) mass is 480 g/mol. The Morgan fingerprint density at radius 1 is 1.40 bits per heavy atom. The van der Waals surface area contributed by atoms with Crippen LogP contribution >= 0.6 is 15.9 Å². The van der Waals surface area contributed by atoms with Gasteiger partial charge in [-0.1, -0.05) is 0 Å². The molecule has 0 aromatic carbocycles. The first kappa shape index (κ1) is 22.2. The first-order valence-corrected chi connectivity index (χ1v) is 10.9. The number of nitrogens with zero attached hydrogens (tertiary/aromatic N) is 2. The van der Waals surface area contributed by atoms with Gasteiger partial charge in [0.25, 0.3) is 0 Å². The lowest BCUT2D eigenvalue weighted by atomic mass is 10.0. The van der Waals surface area contributed by atoms with Crippen LogP contribution in [0.25, 0.3) is 11.0 Å². The lowest BCUT2D eigenvalue weighted by Crippen LogP contribution is -2.49. The van der Waals surface area contributed by atoms with E-state index in [1.165, 1.54) is 0 Å². The van der Waals surface area contributed by atoms with E-state index < -0.39 is 11.7 Å². The number of carbonyl (C=O) groups is 2. The molecule has 3 amide bonds. The topological polar surface area (TPSA) is 111 Å². The van der Waals surface area contributed by atoms with E-state index in [2.05, 4.69) is 46.7 Å². The normalized spacial score (nSPS) is 17.0. The average molecular weight is 481 g/mol. The number of anilines is 2. The predicted molar refractivity (Wildman–Crippen MR) is 121 cm³/mol. The number of hydrogen-bond donors (Lipinski definition) is 4. The Bertz CT molecular complexity index is 923. The number of urea groups is 1. The fourth-order valence-electron chi connectivity index (χ4n) is 3.56. The first-order chi connectivity index (χ1) is 14.2. The summed E-state index contributed by atoms with van der Waals surface area (Å²) in [5.74, 6) is 0. The van der Waals surface area contributed by atoms with Crippen LogP contribution in [0, 0.1) is 0 Å². The van der Waals surface area contributed by atoms with E-state index in [0.717, 1.165) is 34.9 Å². The first-order valence-electron chi connectivity index (χ1n) is 10.1. The minimum Gasteiger partial charge on any atom is -0.444 e. The largest absolute Gasteiger partial charge is 0.444 e. The average Bonchev–Trinajstić information content (AvgIpc) is 3.03. The van der Waals surface area contributed by atoms with Crippen LogP contribution in [0.15, 0.2) is 16.9 Å². The third-order valence-electron chi connectivity index (χ3n) is 4.67. The second-order valence-electron chi connectivity index (χ2n) is 8.30. The molecule has 0 spiro atoms. The summed E-state index contributed by atoms with van der Waals surface area (Å²) in [6, 6.07) is -0.310. The van der Waals surface area contributed by atoms with Gasteiger partial charge in [0.2, 0.25) is 0 Å². The molecule has 4 N–H and O–H groups in total. The van der Waals surface area contributed by atoms with Crippen LogP contribution in [-0.4, -0.2) is 53.4 Å². The Balaban J connectivity index is 1.84. The second kappa shape index (κ2) is 9.11. The number of aromatic nitrogens is 2. The number of aromatic amines is 1. The number of rotatable bonds is 4. The number of carbonyl (C=O) groups excluding carboxylic acids is 2. The summed E-state index contributed by atoms with van der Waals surface area (Å²) in [5, 5.41) is 9.43. The summed E-state index contributed by atoms with van der Waals surface area (Å²) in [6.07, 6.45) is 4.87. The van der Waals surface area contributed by atoms with Crippen LogP contribution in [0.5, 0.6) is 0 Å². The number of H-pyrrole nitrogens is 1. The lowest BCUT2D eigenvalue weighted by Gasteiger charge is -2.36. The molecule has 164 valence electrons. The van der Waals surface area contributed by atoms with Crippen LogP contribution in [0.4, 0.5) is 21.0 Å². The number of halogens is 1. The van der Waals surface area contributed by atoms with Gasteiger partial charge in [-0.25, -0.2) is 14.6 Å². The Kier molecular flexibility index (Phi) is 6.74. The van der Waals surface area contributed by atoms with E-state index in [4.69, 9.17) is 4.74 Å². The van der Waals surface area contributed by atoms with Crippen molar-refractivity contribution in [3.8, 4) is 0 Å². The van der Waals surface area contributed by atoms with Gasteiger partial charge in [-0.15, -0.1) is 0 Å². The van der Waals surface area contributed by atoms with Crippen molar-refractivity contribution in [3.63, 3.8) is 0 Å². The second-order valence-corrected chi connectivity index (χ2v) is 9.15. The van der Waals surface area contributed by atoms with Crippen molar-refractivity contribution in [2.24, 2.45) is 0 Å². The van der Waals surface area contributed by atoms with Crippen LogP contribution in [0.3, 0.4) is 0 Å². The molecule has 3 heterocycles. The lowest BCUT2D eigenvalue weighted by molar-refractivity contribution is 0.0500. The minimum atomic E-state index is -0.538. The molecule has 2 aromatic heterocycles. The molecule has 0 aliphatic carbocycles. The molecule has 0 radical (unpaired) electrons. The Morgan fingerprint density at radius 3 is 2.87 bits per heavy atom. The predicted octanol–water partition coefficient (Wildman–Crippen LogP) is 3.96. The molecule has 2 aromatic rings. The summed E-state index contributed by atoms with van der Waals surface area (Å²) in [6.45, 7) is 9.40. The van der Waals surface area contributed by atoms with Gasteiger partial charge in [0, 0.05) is 38.1 Å². The molecule has 1 aliphatic rings. The highest BCUT2D eigenvalue weighted by Gasteiger charge is 2.27. The Morgan fingerprint density at radius 2 is 2.17 bits per heavy atom. The van der Waals surface area contributed by atoms with Crippen molar-refractivity contribution in [2.45, 2.75) is 52.2 Å². The number of alkyl carbamates (subject to hydrolysis) is 1. The molecule has 3 rings (SSSR count). The molecule has 1 atom stereocenters. The van der Waals surface area contributed by atoms with Crippen molar-refractivity contribution in [3.05, 3.63) is 16.9 Å². The Hall–Kier alpha value is -2.49. The van der Waals surface area contributed by atoms with E-state index in [9.17, 15) is 9.59 Å². The van der Waals surface area contributed by atoms with Gasteiger partial charge in [-0.3, -0.25) is 0 Å². The van der Waals surface area contributed by atoms with E-state index in [1.54, 1.807) is 12.4 Å². The number of piperidine rings is 1. The fourth-order valence-corrected chi connectivity index (χ4v) is 4.11. The zero-order chi connectivity index (χ0) is 21.9. The molecular formula is C20H29BrN6O3.